The molecule has 1 aromatic rings. The van der Waals surface area contributed by atoms with Crippen molar-refractivity contribution in [3.05, 3.63) is 5.56 Å². The Kier molecular flexibility index (Phi) is 24.4. The van der Waals surface area contributed by atoms with Gasteiger partial charge in [-0.3, -0.25) is 0 Å². The largest absolute Gasteiger partial charge is 0.511 e. The minimum atomic E-state index is -1.48. The van der Waals surface area contributed by atoms with Gasteiger partial charge in [-0.1, -0.05) is 150 Å². The second-order valence-corrected chi connectivity index (χ2v) is 12.2. The standard InChI is InChI=1S/C37H66O7/c1-5-9-12-15-18-21-24-28-41-34-31(27-8-4)33(44-37(39)40)32(38)35(42-29-25-22-19-16-13-10-6-2)36(34)43-30-26-23-20-17-14-11-7-3/h38H,5-30H2,1-4H3,(H,39,40). The first-order valence-electron chi connectivity index (χ1n) is 18.2. The van der Waals surface area contributed by atoms with E-state index in [4.69, 9.17) is 18.9 Å². The molecule has 0 aliphatic rings. The number of benzene rings is 1. The summed E-state index contributed by atoms with van der Waals surface area (Å²) >= 11 is 0. The summed E-state index contributed by atoms with van der Waals surface area (Å²) in [5.74, 6) is 0.526. The van der Waals surface area contributed by atoms with Crippen molar-refractivity contribution in [1.82, 2.24) is 0 Å². The van der Waals surface area contributed by atoms with Gasteiger partial charge in [-0.05, 0) is 25.7 Å². The van der Waals surface area contributed by atoms with E-state index in [0.29, 0.717) is 43.3 Å². The molecule has 1 rings (SSSR count). The van der Waals surface area contributed by atoms with Crippen LogP contribution in [0.15, 0.2) is 0 Å². The number of rotatable bonds is 30. The summed E-state index contributed by atoms with van der Waals surface area (Å²) in [6.07, 6.45) is 24.0. The second-order valence-electron chi connectivity index (χ2n) is 12.2. The van der Waals surface area contributed by atoms with Gasteiger partial charge in [0, 0.05) is 5.56 Å². The molecule has 0 fully saturated rings. The predicted molar refractivity (Wildman–Crippen MR) is 181 cm³/mol. The van der Waals surface area contributed by atoms with Gasteiger partial charge in [0.2, 0.25) is 17.2 Å². The topological polar surface area (TPSA) is 94.5 Å². The van der Waals surface area contributed by atoms with Crippen molar-refractivity contribution >= 4 is 6.16 Å². The van der Waals surface area contributed by atoms with Crippen molar-refractivity contribution in [1.29, 1.82) is 0 Å². The predicted octanol–water partition coefficient (Wildman–Crippen LogP) is 11.8. The first kappa shape index (κ1) is 39.7. The van der Waals surface area contributed by atoms with Crippen LogP contribution < -0.4 is 18.9 Å². The summed E-state index contributed by atoms with van der Waals surface area (Å²) in [5.41, 5.74) is 0.521. The Hall–Kier alpha value is -2.31. The molecule has 7 heteroatoms. The number of hydrogen-bond donors (Lipinski definition) is 2. The Bertz CT molecular complexity index is 855. The van der Waals surface area contributed by atoms with E-state index in [2.05, 4.69) is 20.8 Å². The van der Waals surface area contributed by atoms with E-state index in [1.807, 2.05) is 6.92 Å². The van der Waals surface area contributed by atoms with Crippen LogP contribution in [0.5, 0.6) is 28.7 Å². The third-order valence-corrected chi connectivity index (χ3v) is 8.06. The molecule has 0 bridgehead atoms. The quantitative estimate of drug-likeness (QED) is 0.0500. The highest BCUT2D eigenvalue weighted by molar-refractivity contribution is 5.73. The Balaban J connectivity index is 3.15. The fourth-order valence-electron chi connectivity index (χ4n) is 5.49. The van der Waals surface area contributed by atoms with Gasteiger partial charge in [-0.15, -0.1) is 0 Å². The Morgan fingerprint density at radius 3 is 1.23 bits per heavy atom. The van der Waals surface area contributed by atoms with E-state index in [1.165, 1.54) is 89.9 Å². The highest BCUT2D eigenvalue weighted by atomic mass is 16.7. The molecule has 0 spiro atoms. The monoisotopic (exact) mass is 622 g/mol. The fourth-order valence-corrected chi connectivity index (χ4v) is 5.49. The SMILES string of the molecule is CCCCCCCCCOc1c(O)c(OC(=O)O)c(CCC)c(OCCCCCCCCC)c1OCCCCCCCCC. The zero-order valence-corrected chi connectivity index (χ0v) is 28.8. The smallest absolute Gasteiger partial charge is 0.502 e. The highest BCUT2D eigenvalue weighted by Crippen LogP contribution is 2.54. The number of phenolic OH excluding ortho intramolecular Hbond substituents is 1. The number of ether oxygens (including phenoxy) is 4. The van der Waals surface area contributed by atoms with Crippen LogP contribution in [0.25, 0.3) is 0 Å². The maximum atomic E-state index is 11.7. The summed E-state index contributed by atoms with van der Waals surface area (Å²) < 4.78 is 24.1. The summed E-state index contributed by atoms with van der Waals surface area (Å²) in [4.78, 5) is 11.7. The van der Waals surface area contributed by atoms with Crippen molar-refractivity contribution < 1.29 is 34.0 Å². The maximum absolute atomic E-state index is 11.7. The molecule has 0 amide bonds. The van der Waals surface area contributed by atoms with Crippen LogP contribution in [-0.2, 0) is 6.42 Å². The van der Waals surface area contributed by atoms with Gasteiger partial charge in [0.05, 0.1) is 19.8 Å². The normalized spacial score (nSPS) is 11.1. The molecule has 0 saturated carbocycles. The molecule has 1 aromatic carbocycles. The Morgan fingerprint density at radius 1 is 0.477 bits per heavy atom. The number of phenols is 1. The van der Waals surface area contributed by atoms with E-state index in [1.54, 1.807) is 0 Å². The molecule has 44 heavy (non-hydrogen) atoms. The van der Waals surface area contributed by atoms with Crippen LogP contribution in [-0.4, -0.2) is 36.2 Å². The number of carboxylic acid groups (broad SMARTS) is 1. The van der Waals surface area contributed by atoms with Gasteiger partial charge in [-0.25, -0.2) is 4.79 Å². The molecule has 2 N–H and O–H groups in total. The number of carbonyl (C=O) groups is 1. The maximum Gasteiger partial charge on any atom is 0.511 e. The van der Waals surface area contributed by atoms with Crippen molar-refractivity contribution in [3.63, 3.8) is 0 Å². The molecule has 256 valence electrons. The Morgan fingerprint density at radius 2 is 0.841 bits per heavy atom. The molecule has 0 heterocycles. The van der Waals surface area contributed by atoms with Gasteiger partial charge in [0.1, 0.15) is 0 Å². The summed E-state index contributed by atoms with van der Waals surface area (Å²) in [5, 5.41) is 20.9. The number of unbranched alkanes of at least 4 members (excludes halogenated alkanes) is 18. The van der Waals surface area contributed by atoms with Gasteiger partial charge in [-0.2, -0.15) is 0 Å². The molecular weight excluding hydrogens is 556 g/mol. The van der Waals surface area contributed by atoms with E-state index in [-0.39, 0.29) is 17.2 Å². The lowest BCUT2D eigenvalue weighted by Gasteiger charge is -2.23. The molecule has 0 aromatic heterocycles. The van der Waals surface area contributed by atoms with Crippen LogP contribution in [0.1, 0.15) is 175 Å². The van der Waals surface area contributed by atoms with Gasteiger partial charge in [0.15, 0.2) is 11.5 Å². The lowest BCUT2D eigenvalue weighted by molar-refractivity contribution is 0.141. The molecular formula is C37H66O7. The molecule has 7 nitrogen and oxygen atoms in total. The van der Waals surface area contributed by atoms with Crippen LogP contribution >= 0.6 is 0 Å². The van der Waals surface area contributed by atoms with Crippen LogP contribution in [0, 0.1) is 0 Å². The third kappa shape index (κ3) is 17.2. The number of aromatic hydroxyl groups is 1. The van der Waals surface area contributed by atoms with Crippen molar-refractivity contribution in [2.45, 2.75) is 175 Å². The zero-order valence-electron chi connectivity index (χ0n) is 28.8. The van der Waals surface area contributed by atoms with E-state index < -0.39 is 6.16 Å². The van der Waals surface area contributed by atoms with Gasteiger partial charge < -0.3 is 29.2 Å². The van der Waals surface area contributed by atoms with E-state index in [9.17, 15) is 15.0 Å². The summed E-state index contributed by atoms with van der Waals surface area (Å²) in [6.45, 7) is 10.0. The van der Waals surface area contributed by atoms with Gasteiger partial charge in [0.25, 0.3) is 0 Å². The van der Waals surface area contributed by atoms with Crippen molar-refractivity contribution in [2.75, 3.05) is 19.8 Å². The summed E-state index contributed by atoms with van der Waals surface area (Å²) in [6, 6.07) is 0. The average molecular weight is 623 g/mol. The highest BCUT2D eigenvalue weighted by Gasteiger charge is 2.30. The third-order valence-electron chi connectivity index (χ3n) is 8.06. The molecule has 0 unspecified atom stereocenters. The van der Waals surface area contributed by atoms with Crippen LogP contribution in [0.4, 0.5) is 4.79 Å². The zero-order chi connectivity index (χ0) is 32.3. The number of hydrogen-bond acceptors (Lipinski definition) is 6. The molecule has 0 aliphatic carbocycles. The van der Waals surface area contributed by atoms with Crippen molar-refractivity contribution in [3.8, 4) is 28.7 Å². The average Bonchev–Trinajstić information content (AvgIpc) is 3.01. The second kappa shape index (κ2) is 27.0. The van der Waals surface area contributed by atoms with Crippen molar-refractivity contribution in [2.24, 2.45) is 0 Å². The first-order valence-corrected chi connectivity index (χ1v) is 18.2. The minimum absolute atomic E-state index is 0.105. The van der Waals surface area contributed by atoms with Crippen LogP contribution in [0.2, 0.25) is 0 Å². The first-order chi connectivity index (χ1) is 21.5. The summed E-state index contributed by atoms with van der Waals surface area (Å²) in [7, 11) is 0. The van der Waals surface area contributed by atoms with Gasteiger partial charge >= 0.3 is 6.16 Å². The molecule has 0 saturated heterocycles. The van der Waals surface area contributed by atoms with E-state index in [0.717, 1.165) is 51.4 Å². The Labute approximate surface area is 269 Å². The molecule has 0 aliphatic heterocycles. The fraction of sp³-hybridized carbons (Fsp3) is 0.811. The molecule has 0 radical (unpaired) electrons. The van der Waals surface area contributed by atoms with E-state index >= 15 is 0 Å². The molecule has 0 atom stereocenters. The lowest BCUT2D eigenvalue weighted by atomic mass is 10.0. The minimum Gasteiger partial charge on any atom is -0.502 e. The lowest BCUT2D eigenvalue weighted by Crippen LogP contribution is -2.12. The van der Waals surface area contributed by atoms with Crippen LogP contribution in [0.3, 0.4) is 0 Å².